The maximum Gasteiger partial charge on any atom is 0.228 e. The zero-order valence-corrected chi connectivity index (χ0v) is 13.8. The second-order valence-electron chi connectivity index (χ2n) is 6.37. The molecule has 0 atom stereocenters. The molecule has 3 heterocycles. The van der Waals surface area contributed by atoms with Crippen LogP contribution in [0.5, 0.6) is 0 Å². The Bertz CT molecular complexity index is 584. The number of aromatic nitrogens is 1. The van der Waals surface area contributed by atoms with Crippen LogP contribution in [0, 0.1) is 0 Å². The first-order valence-corrected chi connectivity index (χ1v) is 8.49. The van der Waals surface area contributed by atoms with Gasteiger partial charge in [-0.1, -0.05) is 0 Å². The number of carbonyl (C=O) groups excluding carboxylic acids is 2. The fraction of sp³-hybridized carbons (Fsp3) is 0.667. The van der Waals surface area contributed by atoms with Gasteiger partial charge in [0, 0.05) is 31.4 Å². The van der Waals surface area contributed by atoms with E-state index in [9.17, 15) is 9.59 Å². The number of ether oxygens (including phenoxy) is 1. The number of carbonyl (C=O) groups is 2. The lowest BCUT2D eigenvalue weighted by Crippen LogP contribution is -2.51. The standard InChI is InChI=1S/C15H21N3O3S/c1-15(2)10-17(6-7-21-15)13(20)8-11-9-22-14(16-11)18-5-3-4-12(18)19/h9H,3-8,10H2,1-2H3. The summed E-state index contributed by atoms with van der Waals surface area (Å²) in [5.74, 6) is 0.197. The molecule has 22 heavy (non-hydrogen) atoms. The highest BCUT2D eigenvalue weighted by Gasteiger charge is 2.30. The van der Waals surface area contributed by atoms with E-state index < -0.39 is 0 Å². The van der Waals surface area contributed by atoms with Crippen LogP contribution >= 0.6 is 11.3 Å². The topological polar surface area (TPSA) is 62.7 Å². The van der Waals surface area contributed by atoms with Gasteiger partial charge in [-0.05, 0) is 20.3 Å². The molecule has 7 heteroatoms. The normalized spacial score (nSPS) is 21.5. The molecule has 6 nitrogen and oxygen atoms in total. The summed E-state index contributed by atoms with van der Waals surface area (Å²) < 4.78 is 5.63. The third-order valence-corrected chi connectivity index (χ3v) is 4.87. The van der Waals surface area contributed by atoms with Gasteiger partial charge in [-0.25, -0.2) is 4.98 Å². The highest BCUT2D eigenvalue weighted by Crippen LogP contribution is 2.26. The molecular formula is C15H21N3O3S. The van der Waals surface area contributed by atoms with E-state index in [4.69, 9.17) is 4.74 Å². The van der Waals surface area contributed by atoms with E-state index in [2.05, 4.69) is 4.98 Å². The van der Waals surface area contributed by atoms with E-state index in [-0.39, 0.29) is 23.8 Å². The Morgan fingerprint density at radius 2 is 2.27 bits per heavy atom. The lowest BCUT2D eigenvalue weighted by atomic mass is 10.1. The van der Waals surface area contributed by atoms with Crippen LogP contribution in [0.25, 0.3) is 0 Å². The molecule has 2 aliphatic heterocycles. The van der Waals surface area contributed by atoms with Gasteiger partial charge in [-0.3, -0.25) is 14.5 Å². The monoisotopic (exact) mass is 323 g/mol. The van der Waals surface area contributed by atoms with Crippen LogP contribution < -0.4 is 4.90 Å². The van der Waals surface area contributed by atoms with Gasteiger partial charge in [0.15, 0.2) is 5.13 Å². The molecule has 2 fully saturated rings. The number of hydrogen-bond acceptors (Lipinski definition) is 5. The summed E-state index contributed by atoms with van der Waals surface area (Å²) in [4.78, 5) is 32.1. The van der Waals surface area contributed by atoms with Crippen molar-refractivity contribution < 1.29 is 14.3 Å². The van der Waals surface area contributed by atoms with E-state index in [1.165, 1.54) is 11.3 Å². The molecule has 0 unspecified atom stereocenters. The van der Waals surface area contributed by atoms with Crippen molar-refractivity contribution in [1.29, 1.82) is 0 Å². The number of amides is 2. The van der Waals surface area contributed by atoms with Crippen molar-refractivity contribution in [3.8, 4) is 0 Å². The molecule has 0 bridgehead atoms. The smallest absolute Gasteiger partial charge is 0.228 e. The minimum atomic E-state index is -0.289. The summed E-state index contributed by atoms with van der Waals surface area (Å²) in [5.41, 5.74) is 0.456. The fourth-order valence-electron chi connectivity index (χ4n) is 2.85. The molecule has 1 aromatic heterocycles. The molecule has 0 radical (unpaired) electrons. The Hall–Kier alpha value is -1.47. The van der Waals surface area contributed by atoms with Crippen LogP contribution in [-0.4, -0.2) is 53.5 Å². The Labute approximate surface area is 134 Å². The maximum absolute atomic E-state index is 12.4. The second-order valence-corrected chi connectivity index (χ2v) is 7.21. The van der Waals surface area contributed by atoms with E-state index in [1.807, 2.05) is 24.1 Å². The highest BCUT2D eigenvalue weighted by molar-refractivity contribution is 7.14. The molecule has 0 aliphatic carbocycles. The third kappa shape index (κ3) is 3.30. The fourth-order valence-corrected chi connectivity index (χ4v) is 3.72. The van der Waals surface area contributed by atoms with Crippen LogP contribution in [0.2, 0.25) is 0 Å². The summed E-state index contributed by atoms with van der Waals surface area (Å²) in [6.45, 7) is 6.52. The number of rotatable bonds is 3. The summed E-state index contributed by atoms with van der Waals surface area (Å²) >= 11 is 1.44. The molecule has 2 saturated heterocycles. The van der Waals surface area contributed by atoms with Gasteiger partial charge in [0.2, 0.25) is 11.8 Å². The van der Waals surface area contributed by atoms with Crippen molar-refractivity contribution in [1.82, 2.24) is 9.88 Å². The van der Waals surface area contributed by atoms with Crippen molar-refractivity contribution in [2.24, 2.45) is 0 Å². The van der Waals surface area contributed by atoms with Gasteiger partial charge in [0.25, 0.3) is 0 Å². The first-order valence-electron chi connectivity index (χ1n) is 7.61. The van der Waals surface area contributed by atoms with Gasteiger partial charge >= 0.3 is 0 Å². The number of thiazole rings is 1. The first-order chi connectivity index (χ1) is 10.4. The molecule has 0 N–H and O–H groups in total. The molecule has 2 aliphatic rings. The molecular weight excluding hydrogens is 302 g/mol. The summed E-state index contributed by atoms with van der Waals surface area (Å²) in [6, 6.07) is 0. The van der Waals surface area contributed by atoms with E-state index >= 15 is 0 Å². The lowest BCUT2D eigenvalue weighted by Gasteiger charge is -2.38. The quantitative estimate of drug-likeness (QED) is 0.845. The zero-order chi connectivity index (χ0) is 15.7. The molecule has 3 rings (SSSR count). The second kappa shape index (κ2) is 5.96. The van der Waals surface area contributed by atoms with E-state index in [1.54, 1.807) is 4.90 Å². The summed E-state index contributed by atoms with van der Waals surface area (Å²) in [5, 5.41) is 2.59. The molecule has 2 amide bonds. The molecule has 0 aromatic carbocycles. The Morgan fingerprint density at radius 1 is 1.45 bits per heavy atom. The Balaban J connectivity index is 1.62. The summed E-state index contributed by atoms with van der Waals surface area (Å²) in [7, 11) is 0. The Kier molecular flexibility index (Phi) is 4.18. The number of hydrogen-bond donors (Lipinski definition) is 0. The van der Waals surface area contributed by atoms with E-state index in [0.29, 0.717) is 31.2 Å². The van der Waals surface area contributed by atoms with Crippen LogP contribution in [0.4, 0.5) is 5.13 Å². The van der Waals surface area contributed by atoms with Crippen molar-refractivity contribution in [2.75, 3.05) is 31.1 Å². The number of nitrogens with zero attached hydrogens (tertiary/aromatic N) is 3. The molecule has 1 aromatic rings. The van der Waals surface area contributed by atoms with Crippen molar-refractivity contribution in [2.45, 2.75) is 38.7 Å². The van der Waals surface area contributed by atoms with Gasteiger partial charge in [-0.15, -0.1) is 11.3 Å². The third-order valence-electron chi connectivity index (χ3n) is 3.95. The van der Waals surface area contributed by atoms with E-state index in [0.717, 1.165) is 18.7 Å². The van der Waals surface area contributed by atoms with Crippen LogP contribution in [-0.2, 0) is 20.7 Å². The molecule has 0 spiro atoms. The van der Waals surface area contributed by atoms with Gasteiger partial charge in [0.05, 0.1) is 24.3 Å². The maximum atomic E-state index is 12.4. The van der Waals surface area contributed by atoms with Crippen molar-refractivity contribution >= 4 is 28.3 Å². The zero-order valence-electron chi connectivity index (χ0n) is 13.0. The minimum absolute atomic E-state index is 0.0703. The minimum Gasteiger partial charge on any atom is -0.372 e. The first kappa shape index (κ1) is 15.4. The van der Waals surface area contributed by atoms with Crippen LogP contribution in [0.1, 0.15) is 32.4 Å². The number of anilines is 1. The average molecular weight is 323 g/mol. The van der Waals surface area contributed by atoms with Crippen molar-refractivity contribution in [3.63, 3.8) is 0 Å². The molecule has 120 valence electrons. The highest BCUT2D eigenvalue weighted by atomic mass is 32.1. The SMILES string of the molecule is CC1(C)CN(C(=O)Cc2csc(N3CCCC3=O)n2)CCO1. The average Bonchev–Trinajstić information content (AvgIpc) is 3.06. The Morgan fingerprint density at radius 3 is 2.95 bits per heavy atom. The number of morpholine rings is 1. The van der Waals surface area contributed by atoms with Gasteiger partial charge < -0.3 is 9.64 Å². The van der Waals surface area contributed by atoms with Crippen molar-refractivity contribution in [3.05, 3.63) is 11.1 Å². The lowest BCUT2D eigenvalue weighted by molar-refractivity contribution is -0.145. The predicted molar refractivity (Wildman–Crippen MR) is 84.0 cm³/mol. The van der Waals surface area contributed by atoms with Gasteiger partial charge in [0.1, 0.15) is 0 Å². The van der Waals surface area contributed by atoms with Gasteiger partial charge in [-0.2, -0.15) is 0 Å². The largest absolute Gasteiger partial charge is 0.372 e. The predicted octanol–water partition coefficient (Wildman–Crippen LogP) is 1.45. The van der Waals surface area contributed by atoms with Crippen LogP contribution in [0.15, 0.2) is 5.38 Å². The summed E-state index contributed by atoms with van der Waals surface area (Å²) in [6.07, 6.45) is 1.76. The molecule has 0 saturated carbocycles. The van der Waals surface area contributed by atoms with Crippen LogP contribution in [0.3, 0.4) is 0 Å².